The summed E-state index contributed by atoms with van der Waals surface area (Å²) in [4.78, 5) is 12.3. The Balaban J connectivity index is 1.73. The van der Waals surface area contributed by atoms with Crippen LogP contribution in [0.2, 0.25) is 0 Å². The SMILES string of the molecule is COc1ccc(OC)c(/C(C)=N/NC(=O)Cn2ccc3ccccc32)c1. The molecule has 1 heterocycles. The average Bonchev–Trinajstić information content (AvgIpc) is 3.08. The van der Waals surface area contributed by atoms with Crippen molar-refractivity contribution >= 4 is 22.5 Å². The van der Waals surface area contributed by atoms with E-state index in [4.69, 9.17) is 9.47 Å². The number of benzene rings is 2. The van der Waals surface area contributed by atoms with Crippen molar-refractivity contribution in [1.82, 2.24) is 9.99 Å². The molecular formula is C20H21N3O3. The summed E-state index contributed by atoms with van der Waals surface area (Å²) < 4.78 is 12.5. The van der Waals surface area contributed by atoms with Gasteiger partial charge in [-0.15, -0.1) is 0 Å². The third kappa shape index (κ3) is 3.69. The van der Waals surface area contributed by atoms with Crippen LogP contribution in [0.25, 0.3) is 10.9 Å². The van der Waals surface area contributed by atoms with Crippen molar-refractivity contribution in [2.75, 3.05) is 14.2 Å². The minimum absolute atomic E-state index is 0.194. The Morgan fingerprint density at radius 3 is 2.69 bits per heavy atom. The topological polar surface area (TPSA) is 64.8 Å². The molecule has 1 aromatic heterocycles. The Labute approximate surface area is 152 Å². The van der Waals surface area contributed by atoms with Crippen molar-refractivity contribution in [2.45, 2.75) is 13.5 Å². The van der Waals surface area contributed by atoms with Crippen molar-refractivity contribution in [3.8, 4) is 11.5 Å². The van der Waals surface area contributed by atoms with E-state index in [0.29, 0.717) is 17.2 Å². The molecule has 26 heavy (non-hydrogen) atoms. The summed E-state index contributed by atoms with van der Waals surface area (Å²) >= 11 is 0. The van der Waals surface area contributed by atoms with Crippen LogP contribution in [0.4, 0.5) is 0 Å². The van der Waals surface area contributed by atoms with Crippen LogP contribution in [0.3, 0.4) is 0 Å². The number of hydrogen-bond acceptors (Lipinski definition) is 4. The number of carbonyl (C=O) groups excluding carboxylic acids is 1. The van der Waals surface area contributed by atoms with E-state index >= 15 is 0 Å². The third-order valence-electron chi connectivity index (χ3n) is 4.14. The molecule has 1 N–H and O–H groups in total. The lowest BCUT2D eigenvalue weighted by atomic mass is 10.1. The van der Waals surface area contributed by atoms with E-state index in [1.807, 2.05) is 60.2 Å². The smallest absolute Gasteiger partial charge is 0.259 e. The van der Waals surface area contributed by atoms with E-state index < -0.39 is 0 Å². The van der Waals surface area contributed by atoms with Crippen LogP contribution in [0.5, 0.6) is 11.5 Å². The molecule has 0 spiro atoms. The first kappa shape index (κ1) is 17.5. The molecule has 6 nitrogen and oxygen atoms in total. The Hall–Kier alpha value is -3.28. The van der Waals surface area contributed by atoms with Crippen LogP contribution in [-0.2, 0) is 11.3 Å². The number of ether oxygens (including phenoxy) is 2. The molecule has 0 aliphatic rings. The molecule has 0 atom stereocenters. The fraction of sp³-hybridized carbons (Fsp3) is 0.200. The van der Waals surface area contributed by atoms with Crippen LogP contribution in [0.1, 0.15) is 12.5 Å². The van der Waals surface area contributed by atoms with Crippen LogP contribution in [0, 0.1) is 0 Å². The Morgan fingerprint density at radius 2 is 1.92 bits per heavy atom. The number of fused-ring (bicyclic) bond motifs is 1. The van der Waals surface area contributed by atoms with Crippen LogP contribution < -0.4 is 14.9 Å². The summed E-state index contributed by atoms with van der Waals surface area (Å²) in [5.41, 5.74) is 5.01. The zero-order chi connectivity index (χ0) is 18.5. The van der Waals surface area contributed by atoms with E-state index in [2.05, 4.69) is 10.5 Å². The van der Waals surface area contributed by atoms with Crippen molar-refractivity contribution in [2.24, 2.45) is 5.10 Å². The molecule has 0 bridgehead atoms. The van der Waals surface area contributed by atoms with Gasteiger partial charge in [0.2, 0.25) is 0 Å². The molecule has 0 aliphatic carbocycles. The monoisotopic (exact) mass is 351 g/mol. The van der Waals surface area contributed by atoms with Gasteiger partial charge < -0.3 is 14.0 Å². The number of amides is 1. The van der Waals surface area contributed by atoms with Gasteiger partial charge in [-0.2, -0.15) is 5.10 Å². The summed E-state index contributed by atoms with van der Waals surface area (Å²) in [6, 6.07) is 15.4. The van der Waals surface area contributed by atoms with Crippen molar-refractivity contribution in [3.05, 3.63) is 60.3 Å². The fourth-order valence-electron chi connectivity index (χ4n) is 2.77. The maximum absolute atomic E-state index is 12.3. The second-order valence-corrected chi connectivity index (χ2v) is 5.80. The minimum Gasteiger partial charge on any atom is -0.497 e. The van der Waals surface area contributed by atoms with Gasteiger partial charge in [0, 0.05) is 17.3 Å². The fourth-order valence-corrected chi connectivity index (χ4v) is 2.77. The van der Waals surface area contributed by atoms with E-state index in [-0.39, 0.29) is 12.5 Å². The maximum Gasteiger partial charge on any atom is 0.259 e. The molecular weight excluding hydrogens is 330 g/mol. The molecule has 0 unspecified atom stereocenters. The van der Waals surface area contributed by atoms with Gasteiger partial charge in [0.1, 0.15) is 18.0 Å². The second-order valence-electron chi connectivity index (χ2n) is 5.80. The van der Waals surface area contributed by atoms with Gasteiger partial charge in [-0.3, -0.25) is 4.79 Å². The molecule has 0 aliphatic heterocycles. The second kappa shape index (κ2) is 7.74. The van der Waals surface area contributed by atoms with E-state index in [9.17, 15) is 4.79 Å². The summed E-state index contributed by atoms with van der Waals surface area (Å²) in [7, 11) is 3.19. The number of para-hydroxylation sites is 1. The highest BCUT2D eigenvalue weighted by Crippen LogP contribution is 2.24. The van der Waals surface area contributed by atoms with Gasteiger partial charge in [0.05, 0.1) is 19.9 Å². The molecule has 0 saturated heterocycles. The average molecular weight is 351 g/mol. The molecule has 1 amide bonds. The van der Waals surface area contributed by atoms with Gasteiger partial charge in [0.15, 0.2) is 0 Å². The van der Waals surface area contributed by atoms with Gasteiger partial charge in [0.25, 0.3) is 5.91 Å². The lowest BCUT2D eigenvalue weighted by Crippen LogP contribution is -2.24. The number of methoxy groups -OCH3 is 2. The number of carbonyl (C=O) groups is 1. The first-order valence-electron chi connectivity index (χ1n) is 8.22. The van der Waals surface area contributed by atoms with Gasteiger partial charge in [-0.25, -0.2) is 5.43 Å². The van der Waals surface area contributed by atoms with Gasteiger partial charge in [-0.1, -0.05) is 18.2 Å². The van der Waals surface area contributed by atoms with Crippen molar-refractivity contribution in [1.29, 1.82) is 0 Å². The number of nitrogens with zero attached hydrogens (tertiary/aromatic N) is 2. The van der Waals surface area contributed by atoms with Crippen molar-refractivity contribution < 1.29 is 14.3 Å². The van der Waals surface area contributed by atoms with E-state index in [1.165, 1.54) is 0 Å². The largest absolute Gasteiger partial charge is 0.497 e. The Kier molecular flexibility index (Phi) is 5.22. The lowest BCUT2D eigenvalue weighted by molar-refractivity contribution is -0.121. The van der Waals surface area contributed by atoms with Crippen LogP contribution in [-0.4, -0.2) is 30.4 Å². The van der Waals surface area contributed by atoms with Crippen LogP contribution in [0.15, 0.2) is 59.8 Å². The van der Waals surface area contributed by atoms with E-state index in [0.717, 1.165) is 16.5 Å². The molecule has 0 fully saturated rings. The summed E-state index contributed by atoms with van der Waals surface area (Å²) in [5.74, 6) is 1.16. The summed E-state index contributed by atoms with van der Waals surface area (Å²) in [6.07, 6.45) is 1.89. The van der Waals surface area contributed by atoms with Crippen molar-refractivity contribution in [3.63, 3.8) is 0 Å². The van der Waals surface area contributed by atoms with Gasteiger partial charge >= 0.3 is 0 Å². The van der Waals surface area contributed by atoms with Crippen LogP contribution >= 0.6 is 0 Å². The number of hydrogen-bond donors (Lipinski definition) is 1. The summed E-state index contributed by atoms with van der Waals surface area (Å²) in [5, 5.41) is 5.31. The maximum atomic E-state index is 12.3. The third-order valence-corrected chi connectivity index (χ3v) is 4.14. The highest BCUT2D eigenvalue weighted by molar-refractivity contribution is 6.02. The number of hydrazone groups is 1. The highest BCUT2D eigenvalue weighted by atomic mass is 16.5. The quantitative estimate of drug-likeness (QED) is 0.548. The predicted octanol–water partition coefficient (Wildman–Crippen LogP) is 3.20. The first-order valence-corrected chi connectivity index (χ1v) is 8.22. The highest BCUT2D eigenvalue weighted by Gasteiger charge is 2.10. The van der Waals surface area contributed by atoms with Gasteiger partial charge in [-0.05, 0) is 42.6 Å². The zero-order valence-corrected chi connectivity index (χ0v) is 15.0. The predicted molar refractivity (Wildman–Crippen MR) is 102 cm³/mol. The first-order chi connectivity index (χ1) is 12.6. The molecule has 6 heteroatoms. The molecule has 3 aromatic rings. The zero-order valence-electron chi connectivity index (χ0n) is 15.0. The minimum atomic E-state index is -0.201. The number of rotatable bonds is 6. The number of nitrogens with one attached hydrogen (secondary N) is 1. The summed E-state index contributed by atoms with van der Waals surface area (Å²) in [6.45, 7) is 2.00. The Morgan fingerprint density at radius 1 is 1.12 bits per heavy atom. The Bertz CT molecular complexity index is 960. The molecule has 134 valence electrons. The molecule has 0 saturated carbocycles. The standard InChI is InChI=1S/C20H21N3O3/c1-14(17-12-16(25-2)8-9-19(17)26-3)21-22-20(24)13-23-11-10-15-6-4-5-7-18(15)23/h4-12H,13H2,1-3H3,(H,22,24)/b21-14+. The van der Waals surface area contributed by atoms with E-state index in [1.54, 1.807) is 20.3 Å². The molecule has 0 radical (unpaired) electrons. The molecule has 3 rings (SSSR count). The lowest BCUT2D eigenvalue weighted by Gasteiger charge is -2.10. The molecule has 2 aromatic carbocycles. The number of aromatic nitrogens is 1. The normalized spacial score (nSPS) is 11.4.